The predicted octanol–water partition coefficient (Wildman–Crippen LogP) is 31.9. The smallest absolute Gasteiger partial charge is 0.0443 e. The van der Waals surface area contributed by atoms with Crippen molar-refractivity contribution in [2.24, 2.45) is 35.5 Å². The van der Waals surface area contributed by atoms with Gasteiger partial charge in [-0.2, -0.15) is 0 Å². The third-order valence-electron chi connectivity index (χ3n) is 21.1. The van der Waals surface area contributed by atoms with Crippen LogP contribution in [0.5, 0.6) is 0 Å². The van der Waals surface area contributed by atoms with Crippen LogP contribution < -0.4 is 0 Å². The van der Waals surface area contributed by atoms with Gasteiger partial charge >= 0.3 is 0 Å². The summed E-state index contributed by atoms with van der Waals surface area (Å²) in [7, 11) is 0. The third kappa shape index (κ3) is 72.7. The van der Waals surface area contributed by atoms with Crippen LogP contribution in [-0.2, 0) is 0 Å². The molecule has 0 bridgehead atoms. The summed E-state index contributed by atoms with van der Waals surface area (Å²) in [6, 6.07) is 0. The topological polar surface area (TPSA) is 0 Å². The van der Waals surface area contributed by atoms with Gasteiger partial charge < -0.3 is 0 Å². The average Bonchev–Trinajstić information content (AvgIpc) is 4.05. The van der Waals surface area contributed by atoms with E-state index < -0.39 is 0 Å². The largest absolute Gasteiger partial charge is 0.0625 e. The highest BCUT2D eigenvalue weighted by Gasteiger charge is 2.12. The van der Waals surface area contributed by atoms with Gasteiger partial charge in [-0.15, -0.1) is 0 Å². The Morgan fingerprint density at radius 3 is 0.119 bits per heavy atom. The highest BCUT2D eigenvalue weighted by atomic mass is 14.2. The molecule has 504 valence electrons. The zero-order valence-electron chi connectivity index (χ0n) is 60.4. The predicted molar refractivity (Wildman–Crippen MR) is 387 cm³/mol. The molecule has 84 heavy (non-hydrogen) atoms. The van der Waals surface area contributed by atoms with Gasteiger partial charge in [0.05, 0.1) is 0 Å². The van der Waals surface area contributed by atoms with Crippen molar-refractivity contribution in [2.45, 2.75) is 504 Å². The Morgan fingerprint density at radius 2 is 0.119 bits per heavy atom. The van der Waals surface area contributed by atoms with E-state index >= 15 is 0 Å². The standard InChI is InChI=1S/6C5H10.12C4H8.2C3H6/c6*1-5-3-2-4-5;12*1-2-4-3-1;2*1-2-3-1/h6*5H,2-4H2,1H3;12*1-4H2;2*1-3H2. The average molecular weight is 1180 g/mol. The zero-order valence-corrected chi connectivity index (χ0v) is 60.4. The van der Waals surface area contributed by atoms with Gasteiger partial charge in [0, 0.05) is 0 Å². The normalized spacial score (nSPS) is 24.6. The Bertz CT molecular complexity index is 768. The van der Waals surface area contributed by atoms with Crippen molar-refractivity contribution in [3.8, 4) is 0 Å². The molecule has 0 radical (unpaired) electrons. The van der Waals surface area contributed by atoms with E-state index in [0.29, 0.717) is 0 Å². The minimum atomic E-state index is 1.06. The fraction of sp³-hybridized carbons (Fsp3) is 1.00. The molecular formula is C84H168. The van der Waals surface area contributed by atoms with Crippen molar-refractivity contribution in [1.29, 1.82) is 0 Å². The van der Waals surface area contributed by atoms with Crippen LogP contribution >= 0.6 is 0 Å². The molecular weight excluding hydrogens is 1010 g/mol. The van der Waals surface area contributed by atoms with Crippen LogP contribution in [0.3, 0.4) is 0 Å². The Kier molecular flexibility index (Phi) is 67.3. The lowest BCUT2D eigenvalue weighted by Gasteiger charge is -2.18. The Labute approximate surface area is 536 Å². The zero-order chi connectivity index (χ0) is 60.4. The summed E-state index contributed by atoms with van der Waals surface area (Å²) >= 11 is 0. The minimum absolute atomic E-state index is 1.06. The first kappa shape index (κ1) is 82.0. The van der Waals surface area contributed by atoms with Crippen LogP contribution in [0.4, 0.5) is 0 Å². The molecule has 0 atom stereocenters. The van der Waals surface area contributed by atoms with Gasteiger partial charge in [0.2, 0.25) is 0 Å². The van der Waals surface area contributed by atoms with E-state index in [2.05, 4.69) is 41.5 Å². The maximum absolute atomic E-state index is 2.31. The summed E-state index contributed by atoms with van der Waals surface area (Å²) in [5.74, 6) is 6.39. The van der Waals surface area contributed by atoms with E-state index in [9.17, 15) is 0 Å². The molecule has 0 unspecified atom stereocenters. The van der Waals surface area contributed by atoms with Crippen molar-refractivity contribution < 1.29 is 0 Å². The first-order chi connectivity index (χ1) is 41.4. The molecule has 0 nitrogen and oxygen atoms in total. The van der Waals surface area contributed by atoms with Crippen molar-refractivity contribution in [3.63, 3.8) is 0 Å². The SMILES string of the molecule is C1CC1.C1CC1.C1CCC1.C1CCC1.C1CCC1.C1CCC1.C1CCC1.C1CCC1.C1CCC1.C1CCC1.C1CCC1.C1CCC1.C1CCC1.C1CCC1.CC1CCC1.CC1CCC1.CC1CCC1.CC1CCC1.CC1CCC1.CC1CCC1. The van der Waals surface area contributed by atoms with Gasteiger partial charge in [-0.1, -0.05) is 504 Å². The van der Waals surface area contributed by atoms with Crippen molar-refractivity contribution in [3.05, 3.63) is 0 Å². The van der Waals surface area contributed by atoms with Crippen LogP contribution in [0.25, 0.3) is 0 Å². The van der Waals surface area contributed by atoms with Gasteiger partial charge in [0.15, 0.2) is 0 Å². The molecule has 20 aliphatic rings. The quantitative estimate of drug-likeness (QED) is 0.227. The molecule has 0 aromatic heterocycles. The summed E-state index contributed by atoms with van der Waals surface area (Å²) < 4.78 is 0. The highest BCUT2D eigenvalue weighted by molar-refractivity contribution is 4.66. The lowest BCUT2D eigenvalue weighted by molar-refractivity contribution is 0.346. The molecule has 0 spiro atoms. The van der Waals surface area contributed by atoms with Crippen LogP contribution in [-0.4, -0.2) is 0 Å². The first-order valence-electron chi connectivity index (χ1n) is 41.4. The second-order valence-corrected chi connectivity index (χ2v) is 31.3. The number of rotatable bonds is 0. The molecule has 0 aliphatic heterocycles. The Morgan fingerprint density at radius 1 is 0.0833 bits per heavy atom. The molecule has 20 aliphatic carbocycles. The lowest BCUT2D eigenvalue weighted by atomic mass is 9.88. The Balaban J connectivity index is 0.000000443. The highest BCUT2D eigenvalue weighted by Crippen LogP contribution is 2.28. The molecule has 0 saturated heterocycles. The molecule has 0 heterocycles. The summed E-state index contributed by atoms with van der Waals surface area (Å²) in [5, 5.41) is 0. The lowest BCUT2D eigenvalue weighted by Crippen LogP contribution is -2.04. The molecule has 20 fully saturated rings. The molecule has 0 aromatic carbocycles. The monoisotopic (exact) mass is 1180 g/mol. The van der Waals surface area contributed by atoms with Gasteiger partial charge in [0.1, 0.15) is 0 Å². The van der Waals surface area contributed by atoms with E-state index in [1.165, 1.54) is 462 Å². The summed E-state index contributed by atoms with van der Waals surface area (Å²) in [6.07, 6.45) is 108. The van der Waals surface area contributed by atoms with Gasteiger partial charge in [-0.05, 0) is 35.5 Å². The van der Waals surface area contributed by atoms with Crippen molar-refractivity contribution in [1.82, 2.24) is 0 Å². The van der Waals surface area contributed by atoms with E-state index in [-0.39, 0.29) is 0 Å². The second-order valence-electron chi connectivity index (χ2n) is 31.3. The van der Waals surface area contributed by atoms with E-state index in [1.807, 2.05) is 0 Å². The number of hydrogen-bond acceptors (Lipinski definition) is 0. The number of hydrogen-bond donors (Lipinski definition) is 0. The molecule has 20 saturated carbocycles. The Hall–Kier alpha value is 0. The minimum Gasteiger partial charge on any atom is -0.0625 e. The van der Waals surface area contributed by atoms with Gasteiger partial charge in [-0.3, -0.25) is 0 Å². The van der Waals surface area contributed by atoms with Gasteiger partial charge in [0.25, 0.3) is 0 Å². The molecule has 0 N–H and O–H groups in total. The molecule has 0 aromatic rings. The molecule has 0 heteroatoms. The second kappa shape index (κ2) is 68.9. The van der Waals surface area contributed by atoms with E-state index in [4.69, 9.17) is 0 Å². The summed E-state index contributed by atoms with van der Waals surface area (Å²) in [5.41, 5.74) is 0. The van der Waals surface area contributed by atoms with Gasteiger partial charge in [-0.25, -0.2) is 0 Å². The van der Waals surface area contributed by atoms with Crippen LogP contribution in [0.15, 0.2) is 0 Å². The fourth-order valence-corrected chi connectivity index (χ4v) is 6.67. The molecule has 0 amide bonds. The van der Waals surface area contributed by atoms with E-state index in [1.54, 1.807) is 0 Å². The summed E-state index contributed by atoms with van der Waals surface area (Å²) in [6.45, 7) is 13.9. The third-order valence-corrected chi connectivity index (χ3v) is 21.1. The van der Waals surface area contributed by atoms with Crippen molar-refractivity contribution >= 4 is 0 Å². The first-order valence-corrected chi connectivity index (χ1v) is 41.4. The van der Waals surface area contributed by atoms with E-state index in [0.717, 1.165) is 35.5 Å². The van der Waals surface area contributed by atoms with Crippen LogP contribution in [0, 0.1) is 35.5 Å². The van der Waals surface area contributed by atoms with Crippen LogP contribution in [0.2, 0.25) is 0 Å². The summed E-state index contributed by atoms with van der Waals surface area (Å²) in [4.78, 5) is 0. The maximum Gasteiger partial charge on any atom is -0.0443 e. The fourth-order valence-electron chi connectivity index (χ4n) is 6.67. The van der Waals surface area contributed by atoms with Crippen molar-refractivity contribution in [2.75, 3.05) is 0 Å². The molecule has 20 rings (SSSR count). The van der Waals surface area contributed by atoms with Crippen LogP contribution in [0.1, 0.15) is 504 Å². The maximum atomic E-state index is 2.31.